The molecule has 14 heavy (non-hydrogen) atoms. The summed E-state index contributed by atoms with van der Waals surface area (Å²) in [5.74, 6) is -0.348. The third-order valence-electron chi connectivity index (χ3n) is 2.66. The zero-order valence-electron chi connectivity index (χ0n) is 8.21. The molecular weight excluding hydrogens is 176 g/mol. The van der Waals surface area contributed by atoms with Crippen LogP contribution in [0.1, 0.15) is 28.4 Å². The summed E-state index contributed by atoms with van der Waals surface area (Å²) < 4.78 is 0. The quantitative estimate of drug-likeness (QED) is 0.688. The lowest BCUT2D eigenvalue weighted by molar-refractivity contribution is 0.1000. The van der Waals surface area contributed by atoms with Gasteiger partial charge in [0.25, 0.3) is 0 Å². The Morgan fingerprint density at radius 2 is 2.29 bits per heavy atom. The molecule has 0 saturated carbocycles. The summed E-state index contributed by atoms with van der Waals surface area (Å²) in [7, 11) is 0. The van der Waals surface area contributed by atoms with Gasteiger partial charge < -0.3 is 11.1 Å². The van der Waals surface area contributed by atoms with Crippen molar-refractivity contribution in [2.75, 3.05) is 0 Å². The van der Waals surface area contributed by atoms with E-state index in [0.717, 1.165) is 13.0 Å². The van der Waals surface area contributed by atoms with E-state index >= 15 is 0 Å². The molecule has 3 heteroatoms. The van der Waals surface area contributed by atoms with Crippen molar-refractivity contribution < 1.29 is 4.79 Å². The van der Waals surface area contributed by atoms with E-state index in [1.807, 2.05) is 12.1 Å². The van der Waals surface area contributed by atoms with Gasteiger partial charge in [0.05, 0.1) is 0 Å². The predicted molar refractivity (Wildman–Crippen MR) is 55.0 cm³/mol. The Morgan fingerprint density at radius 3 is 3.00 bits per heavy atom. The molecule has 3 nitrogen and oxygen atoms in total. The molecule has 1 aromatic rings. The number of carbonyl (C=O) groups excluding carboxylic acids is 1. The van der Waals surface area contributed by atoms with Crippen LogP contribution >= 0.6 is 0 Å². The number of rotatable bonds is 1. The number of benzene rings is 1. The minimum absolute atomic E-state index is 0.348. The number of primary amides is 1. The van der Waals surface area contributed by atoms with Crippen molar-refractivity contribution in [1.82, 2.24) is 5.32 Å². The molecule has 0 radical (unpaired) electrons. The largest absolute Gasteiger partial charge is 0.366 e. The highest BCUT2D eigenvalue weighted by Gasteiger charge is 2.15. The second kappa shape index (κ2) is 3.42. The average Bonchev–Trinajstić information content (AvgIpc) is 2.16. The van der Waals surface area contributed by atoms with Gasteiger partial charge in [0.15, 0.2) is 0 Å². The molecule has 1 aromatic carbocycles. The third kappa shape index (κ3) is 1.63. The van der Waals surface area contributed by atoms with Gasteiger partial charge in [-0.2, -0.15) is 0 Å². The monoisotopic (exact) mass is 190 g/mol. The molecule has 0 bridgehead atoms. The predicted octanol–water partition coefficient (Wildman–Crippen LogP) is 0.820. The minimum atomic E-state index is -0.348. The molecule has 74 valence electrons. The Hall–Kier alpha value is -1.35. The molecule has 2 rings (SSSR count). The lowest BCUT2D eigenvalue weighted by atomic mass is 9.94. The van der Waals surface area contributed by atoms with Crippen molar-refractivity contribution in [3.8, 4) is 0 Å². The smallest absolute Gasteiger partial charge is 0.248 e. The van der Waals surface area contributed by atoms with E-state index in [-0.39, 0.29) is 5.91 Å². The van der Waals surface area contributed by atoms with Crippen molar-refractivity contribution in [1.29, 1.82) is 0 Å². The maximum atomic E-state index is 11.0. The SMILES string of the molecule is CC1Cc2cc(C(N)=O)ccc2CN1. The molecular formula is C11H14N2O. The molecule has 1 heterocycles. The van der Waals surface area contributed by atoms with Gasteiger partial charge in [-0.1, -0.05) is 6.07 Å². The zero-order valence-corrected chi connectivity index (χ0v) is 8.21. The molecule has 0 saturated heterocycles. The number of nitrogens with one attached hydrogen (secondary N) is 1. The summed E-state index contributed by atoms with van der Waals surface area (Å²) in [6.07, 6.45) is 0.969. The molecule has 1 amide bonds. The van der Waals surface area contributed by atoms with Gasteiger partial charge in [-0.15, -0.1) is 0 Å². The van der Waals surface area contributed by atoms with Crippen LogP contribution in [0.5, 0.6) is 0 Å². The van der Waals surface area contributed by atoms with E-state index in [9.17, 15) is 4.79 Å². The number of fused-ring (bicyclic) bond motifs is 1. The van der Waals surface area contributed by atoms with Crippen LogP contribution in [0.15, 0.2) is 18.2 Å². The van der Waals surface area contributed by atoms with E-state index in [2.05, 4.69) is 12.2 Å². The first-order valence-corrected chi connectivity index (χ1v) is 4.82. The summed E-state index contributed by atoms with van der Waals surface area (Å²) in [4.78, 5) is 11.0. The van der Waals surface area contributed by atoms with E-state index in [1.165, 1.54) is 11.1 Å². The average molecular weight is 190 g/mol. The highest BCUT2D eigenvalue weighted by molar-refractivity contribution is 5.93. The highest BCUT2D eigenvalue weighted by Crippen LogP contribution is 2.18. The number of hydrogen-bond acceptors (Lipinski definition) is 2. The molecule has 1 aliphatic heterocycles. The Morgan fingerprint density at radius 1 is 1.50 bits per heavy atom. The Labute approximate surface area is 83.3 Å². The summed E-state index contributed by atoms with van der Waals surface area (Å²) in [5.41, 5.74) is 8.35. The van der Waals surface area contributed by atoms with Gasteiger partial charge in [0.1, 0.15) is 0 Å². The van der Waals surface area contributed by atoms with Crippen LogP contribution in [-0.4, -0.2) is 11.9 Å². The first-order chi connectivity index (χ1) is 6.66. The third-order valence-corrected chi connectivity index (χ3v) is 2.66. The van der Waals surface area contributed by atoms with Gasteiger partial charge in [0.2, 0.25) is 5.91 Å². The molecule has 1 aliphatic rings. The van der Waals surface area contributed by atoms with Crippen molar-refractivity contribution in [3.05, 3.63) is 34.9 Å². The first kappa shape index (κ1) is 9.21. The van der Waals surface area contributed by atoms with Crippen LogP contribution < -0.4 is 11.1 Å². The van der Waals surface area contributed by atoms with Gasteiger partial charge in [-0.05, 0) is 36.6 Å². The Kier molecular flexibility index (Phi) is 2.25. The summed E-state index contributed by atoms with van der Waals surface area (Å²) in [6, 6.07) is 6.16. The van der Waals surface area contributed by atoms with E-state index in [1.54, 1.807) is 6.07 Å². The van der Waals surface area contributed by atoms with Crippen molar-refractivity contribution in [3.63, 3.8) is 0 Å². The maximum Gasteiger partial charge on any atom is 0.248 e. The van der Waals surface area contributed by atoms with Crippen LogP contribution in [0.2, 0.25) is 0 Å². The number of nitrogens with two attached hydrogens (primary N) is 1. The minimum Gasteiger partial charge on any atom is -0.366 e. The van der Waals surface area contributed by atoms with E-state index in [0.29, 0.717) is 11.6 Å². The lowest BCUT2D eigenvalue weighted by Gasteiger charge is -2.23. The normalized spacial score (nSPS) is 20.2. The van der Waals surface area contributed by atoms with E-state index in [4.69, 9.17) is 5.73 Å². The fraction of sp³-hybridized carbons (Fsp3) is 0.364. The number of carbonyl (C=O) groups is 1. The van der Waals surface area contributed by atoms with Gasteiger partial charge in [-0.25, -0.2) is 0 Å². The molecule has 1 atom stereocenters. The summed E-state index contributed by atoms with van der Waals surface area (Å²) in [5, 5.41) is 3.37. The summed E-state index contributed by atoms with van der Waals surface area (Å²) in [6.45, 7) is 3.02. The molecule has 0 aliphatic carbocycles. The second-order valence-electron chi connectivity index (χ2n) is 3.83. The molecule has 0 fully saturated rings. The van der Waals surface area contributed by atoms with Crippen molar-refractivity contribution in [2.45, 2.75) is 25.9 Å². The first-order valence-electron chi connectivity index (χ1n) is 4.82. The number of amides is 1. The van der Waals surface area contributed by atoms with Crippen molar-refractivity contribution in [2.24, 2.45) is 5.73 Å². The van der Waals surface area contributed by atoms with Gasteiger partial charge in [-0.3, -0.25) is 4.79 Å². The molecule has 1 unspecified atom stereocenters. The fourth-order valence-corrected chi connectivity index (χ4v) is 1.83. The van der Waals surface area contributed by atoms with Gasteiger partial charge in [0, 0.05) is 18.2 Å². The standard InChI is InChI=1S/C11H14N2O/c1-7-4-10-5-8(11(12)14)2-3-9(10)6-13-7/h2-3,5,7,13H,4,6H2,1H3,(H2,12,14). The van der Waals surface area contributed by atoms with Crippen LogP contribution in [0.4, 0.5) is 0 Å². The van der Waals surface area contributed by atoms with Crippen molar-refractivity contribution >= 4 is 5.91 Å². The molecule has 0 spiro atoms. The lowest BCUT2D eigenvalue weighted by Crippen LogP contribution is -2.33. The number of hydrogen-bond donors (Lipinski definition) is 2. The Balaban J connectivity index is 2.37. The Bertz CT molecular complexity index is 374. The molecule has 3 N–H and O–H groups in total. The topological polar surface area (TPSA) is 55.1 Å². The van der Waals surface area contributed by atoms with Crippen LogP contribution in [0.3, 0.4) is 0 Å². The van der Waals surface area contributed by atoms with Crippen LogP contribution in [0.25, 0.3) is 0 Å². The van der Waals surface area contributed by atoms with E-state index < -0.39 is 0 Å². The fourth-order valence-electron chi connectivity index (χ4n) is 1.83. The van der Waals surface area contributed by atoms with Crippen LogP contribution in [0, 0.1) is 0 Å². The highest BCUT2D eigenvalue weighted by atomic mass is 16.1. The van der Waals surface area contributed by atoms with Gasteiger partial charge >= 0.3 is 0 Å². The maximum absolute atomic E-state index is 11.0. The second-order valence-corrected chi connectivity index (χ2v) is 3.83. The van der Waals surface area contributed by atoms with Crippen LogP contribution in [-0.2, 0) is 13.0 Å². The zero-order chi connectivity index (χ0) is 10.1. The molecule has 0 aromatic heterocycles. The summed E-state index contributed by atoms with van der Waals surface area (Å²) >= 11 is 0.